The van der Waals surface area contributed by atoms with Gasteiger partial charge < -0.3 is 15.7 Å². The maximum Gasteiger partial charge on any atom is 0.251 e. The van der Waals surface area contributed by atoms with E-state index in [4.69, 9.17) is 0 Å². The molecular weight excluding hydrogens is 292 g/mol. The zero-order valence-corrected chi connectivity index (χ0v) is 13.7. The summed E-state index contributed by atoms with van der Waals surface area (Å²) in [4.78, 5) is 24.2. The Bertz CT molecular complexity index is 642. The second-order valence-electron chi connectivity index (χ2n) is 7.56. The van der Waals surface area contributed by atoms with Crippen molar-refractivity contribution < 1.29 is 14.7 Å². The molecule has 0 atom stereocenters. The molecule has 1 saturated carbocycles. The van der Waals surface area contributed by atoms with Gasteiger partial charge in [0.25, 0.3) is 5.91 Å². The summed E-state index contributed by atoms with van der Waals surface area (Å²) in [6.45, 7) is 4.67. The number of anilines is 1. The molecule has 0 unspecified atom stereocenters. The van der Waals surface area contributed by atoms with Gasteiger partial charge in [0, 0.05) is 35.0 Å². The van der Waals surface area contributed by atoms with Gasteiger partial charge in [0.15, 0.2) is 0 Å². The van der Waals surface area contributed by atoms with Crippen molar-refractivity contribution in [3.05, 3.63) is 29.3 Å². The zero-order chi connectivity index (χ0) is 16.7. The lowest BCUT2D eigenvalue weighted by molar-refractivity contribution is -0.117. The molecule has 0 spiro atoms. The van der Waals surface area contributed by atoms with Gasteiger partial charge in [-0.1, -0.05) is 20.3 Å². The smallest absolute Gasteiger partial charge is 0.251 e. The average molecular weight is 316 g/mol. The van der Waals surface area contributed by atoms with Gasteiger partial charge in [-0.25, -0.2) is 0 Å². The third kappa shape index (κ3) is 2.98. The Morgan fingerprint density at radius 2 is 2.09 bits per heavy atom. The highest BCUT2D eigenvalue weighted by Crippen LogP contribution is 2.40. The molecule has 0 radical (unpaired) electrons. The molecule has 1 fully saturated rings. The van der Waals surface area contributed by atoms with Crippen molar-refractivity contribution in [3.63, 3.8) is 0 Å². The first-order valence-corrected chi connectivity index (χ1v) is 8.19. The Balaban J connectivity index is 1.76. The number of carbonyl (C=O) groups is 2. The van der Waals surface area contributed by atoms with Crippen molar-refractivity contribution in [1.82, 2.24) is 5.32 Å². The molecule has 1 heterocycles. The van der Waals surface area contributed by atoms with E-state index in [9.17, 15) is 14.7 Å². The van der Waals surface area contributed by atoms with Crippen LogP contribution in [0.15, 0.2) is 18.2 Å². The lowest BCUT2D eigenvalue weighted by Crippen LogP contribution is -2.44. The van der Waals surface area contributed by atoms with Gasteiger partial charge in [-0.2, -0.15) is 0 Å². The molecule has 3 N–H and O–H groups in total. The minimum absolute atomic E-state index is 0.00886. The fourth-order valence-electron chi connectivity index (χ4n) is 3.48. The first-order valence-electron chi connectivity index (χ1n) is 8.19. The van der Waals surface area contributed by atoms with Crippen LogP contribution in [0.3, 0.4) is 0 Å². The van der Waals surface area contributed by atoms with Crippen LogP contribution in [0, 0.1) is 5.41 Å². The van der Waals surface area contributed by atoms with E-state index in [1.807, 2.05) is 19.9 Å². The fraction of sp³-hybridized carbons (Fsp3) is 0.556. The van der Waals surface area contributed by atoms with E-state index in [0.29, 0.717) is 18.5 Å². The van der Waals surface area contributed by atoms with Crippen molar-refractivity contribution >= 4 is 17.5 Å². The number of benzene rings is 1. The molecule has 0 aromatic heterocycles. The van der Waals surface area contributed by atoms with Crippen LogP contribution in [0.4, 0.5) is 5.69 Å². The molecule has 1 aliphatic carbocycles. The maximum atomic E-state index is 12.4. The number of carbonyl (C=O) groups excluding carboxylic acids is 2. The predicted octanol–water partition coefficient (Wildman–Crippen LogP) is 2.20. The number of fused-ring (bicyclic) bond motifs is 1. The molecule has 2 aliphatic rings. The number of aliphatic hydroxyl groups is 1. The van der Waals surface area contributed by atoms with Crippen LogP contribution < -0.4 is 10.6 Å². The third-order valence-electron chi connectivity index (χ3n) is 5.26. The Morgan fingerprint density at radius 1 is 1.35 bits per heavy atom. The number of nitrogens with one attached hydrogen (secondary N) is 2. The van der Waals surface area contributed by atoms with E-state index in [1.165, 1.54) is 0 Å². The average Bonchev–Trinajstić information content (AvgIpc) is 2.45. The Morgan fingerprint density at radius 3 is 2.70 bits per heavy atom. The molecule has 2 amide bonds. The summed E-state index contributed by atoms with van der Waals surface area (Å²) in [5.74, 6) is -0.116. The Kier molecular flexibility index (Phi) is 3.92. The fourth-order valence-corrected chi connectivity index (χ4v) is 3.48. The number of hydrogen-bond donors (Lipinski definition) is 3. The van der Waals surface area contributed by atoms with E-state index < -0.39 is 0 Å². The Labute approximate surface area is 136 Å². The van der Waals surface area contributed by atoms with E-state index in [-0.39, 0.29) is 29.3 Å². The van der Waals surface area contributed by atoms with Crippen LogP contribution in [0.25, 0.3) is 0 Å². The zero-order valence-electron chi connectivity index (χ0n) is 13.7. The van der Waals surface area contributed by atoms with Crippen molar-refractivity contribution in [3.8, 4) is 0 Å². The van der Waals surface area contributed by atoms with Crippen LogP contribution in [0.2, 0.25) is 0 Å². The summed E-state index contributed by atoms with van der Waals surface area (Å²) in [6, 6.07) is 5.41. The van der Waals surface area contributed by atoms with Crippen molar-refractivity contribution in [1.29, 1.82) is 0 Å². The molecule has 5 nitrogen and oxygen atoms in total. The summed E-state index contributed by atoms with van der Waals surface area (Å²) in [7, 11) is 0. The molecule has 1 aromatic rings. The summed E-state index contributed by atoms with van der Waals surface area (Å²) in [6.07, 6.45) is 3.46. The highest BCUT2D eigenvalue weighted by Gasteiger charge is 2.37. The van der Waals surface area contributed by atoms with Gasteiger partial charge >= 0.3 is 0 Å². The quantitative estimate of drug-likeness (QED) is 0.797. The SMILES string of the molecule is CC1(C)CC(=O)Nc2ccc(C(=O)NCC3(CO)CCC3)cc21. The lowest BCUT2D eigenvalue weighted by atomic mass is 9.69. The second-order valence-corrected chi connectivity index (χ2v) is 7.56. The molecular formula is C18H24N2O3. The molecule has 1 aromatic carbocycles. The topological polar surface area (TPSA) is 78.4 Å². The van der Waals surface area contributed by atoms with E-state index >= 15 is 0 Å². The summed E-state index contributed by atoms with van der Waals surface area (Å²) < 4.78 is 0. The normalized spacial score (nSPS) is 20.9. The highest BCUT2D eigenvalue weighted by atomic mass is 16.3. The standard InChI is InChI=1S/C18H24N2O3/c1-17(2)9-15(22)20-14-5-4-12(8-13(14)17)16(23)19-10-18(11-21)6-3-7-18/h4-5,8,21H,3,6-7,9-11H2,1-2H3,(H,19,23)(H,20,22). The van der Waals surface area contributed by atoms with Gasteiger partial charge in [-0.15, -0.1) is 0 Å². The third-order valence-corrected chi connectivity index (χ3v) is 5.26. The largest absolute Gasteiger partial charge is 0.396 e. The molecule has 23 heavy (non-hydrogen) atoms. The van der Waals surface area contributed by atoms with Crippen molar-refractivity contribution in [2.24, 2.45) is 5.41 Å². The Hall–Kier alpha value is -1.88. The predicted molar refractivity (Wildman–Crippen MR) is 88.4 cm³/mol. The molecule has 1 aliphatic heterocycles. The van der Waals surface area contributed by atoms with Crippen molar-refractivity contribution in [2.75, 3.05) is 18.5 Å². The monoisotopic (exact) mass is 316 g/mol. The summed E-state index contributed by atoms with van der Waals surface area (Å²) >= 11 is 0. The number of aliphatic hydroxyl groups excluding tert-OH is 1. The minimum Gasteiger partial charge on any atom is -0.396 e. The van der Waals surface area contributed by atoms with Crippen LogP contribution in [-0.2, 0) is 10.2 Å². The second kappa shape index (κ2) is 5.64. The van der Waals surface area contributed by atoms with Gasteiger partial charge in [-0.3, -0.25) is 9.59 Å². The lowest BCUT2D eigenvalue weighted by Gasteiger charge is -2.40. The van der Waals surface area contributed by atoms with Crippen molar-refractivity contribution in [2.45, 2.75) is 44.9 Å². The van der Waals surface area contributed by atoms with E-state index in [2.05, 4.69) is 10.6 Å². The van der Waals surface area contributed by atoms with E-state index in [1.54, 1.807) is 12.1 Å². The summed E-state index contributed by atoms with van der Waals surface area (Å²) in [5.41, 5.74) is 1.96. The maximum absolute atomic E-state index is 12.4. The first kappa shape index (κ1) is 16.0. The van der Waals surface area contributed by atoms with Gasteiger partial charge in [0.05, 0.1) is 6.61 Å². The van der Waals surface area contributed by atoms with Crippen LogP contribution in [0.1, 0.15) is 55.5 Å². The van der Waals surface area contributed by atoms with Gasteiger partial charge in [0.2, 0.25) is 5.91 Å². The van der Waals surface area contributed by atoms with Gasteiger partial charge in [-0.05, 0) is 36.6 Å². The number of hydrogen-bond acceptors (Lipinski definition) is 3. The molecule has 3 rings (SSSR count). The molecule has 5 heteroatoms. The summed E-state index contributed by atoms with van der Waals surface area (Å²) in [5, 5.41) is 15.3. The molecule has 124 valence electrons. The van der Waals surface area contributed by atoms with Crippen LogP contribution >= 0.6 is 0 Å². The molecule has 0 bridgehead atoms. The number of amides is 2. The minimum atomic E-state index is -0.283. The van der Waals surface area contributed by atoms with Crippen LogP contribution in [-0.4, -0.2) is 30.1 Å². The first-order chi connectivity index (χ1) is 10.9. The molecule has 0 saturated heterocycles. The van der Waals surface area contributed by atoms with Gasteiger partial charge in [0.1, 0.15) is 0 Å². The van der Waals surface area contributed by atoms with E-state index in [0.717, 1.165) is 30.5 Å². The number of rotatable bonds is 4. The van der Waals surface area contributed by atoms with Crippen LogP contribution in [0.5, 0.6) is 0 Å². The highest BCUT2D eigenvalue weighted by molar-refractivity contribution is 5.98.